The van der Waals surface area contributed by atoms with Crippen molar-refractivity contribution < 1.29 is 17.9 Å². The van der Waals surface area contributed by atoms with Crippen LogP contribution in [-0.4, -0.2) is 21.1 Å². The van der Waals surface area contributed by atoms with Gasteiger partial charge in [0.05, 0.1) is 15.0 Å². The first-order valence-corrected chi connectivity index (χ1v) is 5.81. The zero-order chi connectivity index (χ0) is 13.9. The van der Waals surface area contributed by atoms with E-state index in [4.69, 9.17) is 12.6 Å². The van der Waals surface area contributed by atoms with E-state index in [2.05, 4.69) is 0 Å². The summed E-state index contributed by atoms with van der Waals surface area (Å²) >= 11 is 0. The number of aryl methyl sites for hydroxylation is 2. The second-order valence-electron chi connectivity index (χ2n) is 4.30. The summed E-state index contributed by atoms with van der Waals surface area (Å²) in [6.45, 7) is 3.69. The van der Waals surface area contributed by atoms with Crippen LogP contribution >= 0.6 is 0 Å². The van der Waals surface area contributed by atoms with Gasteiger partial charge in [-0.1, -0.05) is 25.5 Å². The summed E-state index contributed by atoms with van der Waals surface area (Å²) in [6.07, 6.45) is -2.92. The van der Waals surface area contributed by atoms with Crippen molar-refractivity contribution in [2.24, 2.45) is 0 Å². The Kier molecular flexibility index (Phi) is 4.71. The highest BCUT2D eigenvalue weighted by Gasteiger charge is 2.36. The Morgan fingerprint density at radius 1 is 1.33 bits per heavy atom. The van der Waals surface area contributed by atoms with Crippen LogP contribution in [0.2, 0.25) is 0 Å². The lowest BCUT2D eigenvalue weighted by molar-refractivity contribution is -0.131. The average Bonchev–Trinajstić information content (AvgIpc) is 2.26. The highest BCUT2D eigenvalue weighted by atomic mass is 19.4. The lowest BCUT2D eigenvalue weighted by Crippen LogP contribution is -2.21. The monoisotopic (exact) mass is 256 g/mol. The molecule has 1 nitrogen and oxygen atoms in total. The zero-order valence-corrected chi connectivity index (χ0v) is 10.8. The molecule has 0 saturated carbocycles. The van der Waals surface area contributed by atoms with E-state index in [0.717, 1.165) is 12.0 Å². The molecule has 0 saturated heterocycles. The largest absolute Gasteiger partial charge is 0.496 e. The smallest absolute Gasteiger partial charge is 0.388 e. The number of methoxy groups -OCH3 is 1. The molecule has 0 bridgehead atoms. The normalized spacial score (nSPS) is 13.4. The Morgan fingerprint density at radius 3 is 2.39 bits per heavy atom. The maximum absolute atomic E-state index is 12.6. The summed E-state index contributed by atoms with van der Waals surface area (Å²) < 4.78 is 43.1. The van der Waals surface area contributed by atoms with Gasteiger partial charge >= 0.3 is 6.18 Å². The van der Waals surface area contributed by atoms with Crippen LogP contribution in [0.15, 0.2) is 12.1 Å². The molecule has 0 aromatic heterocycles. The van der Waals surface area contributed by atoms with E-state index >= 15 is 0 Å². The minimum Gasteiger partial charge on any atom is -0.496 e. The zero-order valence-electron chi connectivity index (χ0n) is 10.8. The molecule has 1 rings (SSSR count). The van der Waals surface area contributed by atoms with E-state index in [1.807, 2.05) is 6.92 Å². The van der Waals surface area contributed by atoms with Crippen LogP contribution in [0.4, 0.5) is 13.2 Å². The van der Waals surface area contributed by atoms with E-state index in [9.17, 15) is 13.2 Å². The summed E-state index contributed by atoms with van der Waals surface area (Å²) in [5.41, 5.74) is 1.54. The van der Waals surface area contributed by atoms with Crippen LogP contribution < -0.4 is 4.74 Å². The number of rotatable bonds is 4. The Hall–Kier alpha value is -1.13. The number of benzene rings is 1. The maximum atomic E-state index is 12.6. The van der Waals surface area contributed by atoms with Crippen molar-refractivity contribution in [2.75, 3.05) is 7.11 Å². The summed E-state index contributed by atoms with van der Waals surface area (Å²) in [5.74, 6) is -1.30. The van der Waals surface area contributed by atoms with Crippen molar-refractivity contribution >= 4 is 7.85 Å². The third kappa shape index (κ3) is 3.21. The van der Waals surface area contributed by atoms with Gasteiger partial charge in [0.15, 0.2) is 0 Å². The van der Waals surface area contributed by atoms with Crippen molar-refractivity contribution in [3.8, 4) is 5.75 Å². The van der Waals surface area contributed by atoms with Crippen LogP contribution in [0.25, 0.3) is 0 Å². The first kappa shape index (κ1) is 14.9. The number of hydrogen-bond donors (Lipinski definition) is 0. The molecule has 5 heteroatoms. The quantitative estimate of drug-likeness (QED) is 0.746. The van der Waals surface area contributed by atoms with Crippen LogP contribution in [0.5, 0.6) is 5.75 Å². The predicted octanol–water partition coefficient (Wildman–Crippen LogP) is 3.73. The molecule has 98 valence electrons. The predicted molar refractivity (Wildman–Crippen MR) is 66.3 cm³/mol. The second kappa shape index (κ2) is 5.68. The first-order chi connectivity index (χ1) is 8.31. The van der Waals surface area contributed by atoms with Crippen molar-refractivity contribution in [1.29, 1.82) is 0 Å². The fourth-order valence-electron chi connectivity index (χ4n) is 1.99. The fraction of sp³-hybridized carbons (Fsp3) is 0.538. The van der Waals surface area contributed by atoms with Gasteiger partial charge in [-0.25, -0.2) is 0 Å². The standard InChI is InChI=1S/C13H16BF3O/c1-4-5-9-7-10(12(14)13(15,16)17)6-8(2)11(9)18-3/h6-7,12H,4-5H2,1-3H3. The lowest BCUT2D eigenvalue weighted by Gasteiger charge is -2.20. The van der Waals surface area contributed by atoms with E-state index in [1.54, 1.807) is 6.92 Å². The number of ether oxygens (including phenoxy) is 1. The van der Waals surface area contributed by atoms with E-state index < -0.39 is 12.0 Å². The maximum Gasteiger partial charge on any atom is 0.388 e. The number of halogens is 3. The summed E-state index contributed by atoms with van der Waals surface area (Å²) in [5, 5.41) is 0. The fourth-order valence-corrected chi connectivity index (χ4v) is 1.99. The molecular formula is C13H16BF3O. The molecule has 0 aliphatic carbocycles. The van der Waals surface area contributed by atoms with Gasteiger partial charge in [0, 0.05) is 5.82 Å². The van der Waals surface area contributed by atoms with Gasteiger partial charge < -0.3 is 4.74 Å². The minimum atomic E-state index is -4.43. The van der Waals surface area contributed by atoms with Gasteiger partial charge in [-0.05, 0) is 30.0 Å². The van der Waals surface area contributed by atoms with Gasteiger partial charge in [0.1, 0.15) is 5.75 Å². The van der Waals surface area contributed by atoms with E-state index in [-0.39, 0.29) is 5.56 Å². The minimum absolute atomic E-state index is 0.0873. The molecule has 0 amide bonds. The molecule has 0 aliphatic heterocycles. The van der Waals surface area contributed by atoms with Gasteiger partial charge in [-0.15, -0.1) is 0 Å². The van der Waals surface area contributed by atoms with Crippen LogP contribution in [0.3, 0.4) is 0 Å². The molecule has 1 unspecified atom stereocenters. The topological polar surface area (TPSA) is 9.23 Å². The van der Waals surface area contributed by atoms with E-state index in [1.165, 1.54) is 19.2 Å². The first-order valence-electron chi connectivity index (χ1n) is 5.81. The second-order valence-corrected chi connectivity index (χ2v) is 4.30. The Labute approximate surface area is 107 Å². The van der Waals surface area contributed by atoms with Gasteiger partial charge in [0.2, 0.25) is 0 Å². The van der Waals surface area contributed by atoms with Gasteiger partial charge in [0.25, 0.3) is 0 Å². The molecule has 0 N–H and O–H groups in total. The molecule has 1 aromatic carbocycles. The Balaban J connectivity index is 3.24. The molecule has 1 aromatic rings. The third-order valence-electron chi connectivity index (χ3n) is 2.81. The van der Waals surface area contributed by atoms with Gasteiger partial charge in [-0.2, -0.15) is 13.2 Å². The van der Waals surface area contributed by atoms with Crippen LogP contribution in [-0.2, 0) is 6.42 Å². The van der Waals surface area contributed by atoms with Crippen molar-refractivity contribution in [3.63, 3.8) is 0 Å². The van der Waals surface area contributed by atoms with Crippen molar-refractivity contribution in [1.82, 2.24) is 0 Å². The third-order valence-corrected chi connectivity index (χ3v) is 2.81. The molecule has 1 atom stereocenters. The average molecular weight is 256 g/mol. The van der Waals surface area contributed by atoms with Crippen LogP contribution in [0.1, 0.15) is 35.9 Å². The van der Waals surface area contributed by atoms with E-state index in [0.29, 0.717) is 17.7 Å². The molecule has 0 heterocycles. The highest BCUT2D eigenvalue weighted by Crippen LogP contribution is 2.36. The highest BCUT2D eigenvalue weighted by molar-refractivity contribution is 6.13. The molecule has 0 spiro atoms. The molecule has 18 heavy (non-hydrogen) atoms. The number of hydrogen-bond acceptors (Lipinski definition) is 1. The summed E-state index contributed by atoms with van der Waals surface area (Å²) in [7, 11) is 6.75. The lowest BCUT2D eigenvalue weighted by atomic mass is 9.79. The SMILES string of the molecule is [B]C(c1cc(C)c(OC)c(CCC)c1)C(F)(F)F. The molecule has 2 radical (unpaired) electrons. The summed E-state index contributed by atoms with van der Waals surface area (Å²) in [4.78, 5) is 0. The number of alkyl halides is 3. The van der Waals surface area contributed by atoms with Crippen LogP contribution in [0, 0.1) is 6.92 Å². The molecule has 0 aliphatic rings. The van der Waals surface area contributed by atoms with Crippen molar-refractivity contribution in [2.45, 2.75) is 38.7 Å². The Morgan fingerprint density at radius 2 is 1.94 bits per heavy atom. The summed E-state index contributed by atoms with van der Waals surface area (Å²) in [6, 6.07) is 2.93. The Bertz CT molecular complexity index is 415. The molecular weight excluding hydrogens is 240 g/mol. The molecule has 0 fully saturated rings. The van der Waals surface area contributed by atoms with Gasteiger partial charge in [-0.3, -0.25) is 0 Å². The van der Waals surface area contributed by atoms with Crippen molar-refractivity contribution in [3.05, 3.63) is 28.8 Å².